The van der Waals surface area contributed by atoms with Crippen molar-refractivity contribution in [1.29, 1.82) is 0 Å². The number of anilines is 2. The summed E-state index contributed by atoms with van der Waals surface area (Å²) in [4.78, 5) is 36.0. The van der Waals surface area contributed by atoms with Gasteiger partial charge in [-0.2, -0.15) is 5.10 Å². The van der Waals surface area contributed by atoms with Crippen molar-refractivity contribution >= 4 is 45.3 Å². The number of ether oxygens (including phenoxy) is 2. The zero-order valence-corrected chi connectivity index (χ0v) is 25.9. The summed E-state index contributed by atoms with van der Waals surface area (Å²) in [5.74, 6) is 2.13. The van der Waals surface area contributed by atoms with Crippen LogP contribution in [0.25, 0.3) is 11.0 Å². The number of nitrogens with zero attached hydrogens (tertiary/aromatic N) is 5. The second-order valence-corrected chi connectivity index (χ2v) is 12.0. The summed E-state index contributed by atoms with van der Waals surface area (Å²) in [6.07, 6.45) is 2.28. The highest BCUT2D eigenvalue weighted by molar-refractivity contribution is 7.15. The minimum Gasteiger partial charge on any atom is -0.497 e. The maximum atomic E-state index is 12.8. The van der Waals surface area contributed by atoms with Crippen LogP contribution in [0.1, 0.15) is 39.3 Å². The fourth-order valence-corrected chi connectivity index (χ4v) is 6.04. The van der Waals surface area contributed by atoms with Gasteiger partial charge in [0.1, 0.15) is 22.6 Å². The molecule has 0 bridgehead atoms. The van der Waals surface area contributed by atoms with E-state index in [0.717, 1.165) is 34.7 Å². The van der Waals surface area contributed by atoms with Gasteiger partial charge in [-0.3, -0.25) is 10.1 Å². The molecule has 0 spiro atoms. The van der Waals surface area contributed by atoms with E-state index in [4.69, 9.17) is 14.6 Å². The van der Waals surface area contributed by atoms with Crippen LogP contribution in [0.3, 0.4) is 0 Å². The van der Waals surface area contributed by atoms with Crippen LogP contribution in [0.15, 0.2) is 60.8 Å². The van der Waals surface area contributed by atoms with Gasteiger partial charge in [0, 0.05) is 41.8 Å². The second kappa shape index (κ2) is 12.8. The summed E-state index contributed by atoms with van der Waals surface area (Å²) >= 11 is 1.44. The number of hydrogen-bond acceptors (Lipinski definition) is 9. The number of hydrogen-bond donors (Lipinski definition) is 3. The van der Waals surface area contributed by atoms with Crippen molar-refractivity contribution in [2.75, 3.05) is 30.8 Å². The molecular formula is C32H33N7O5S. The Morgan fingerprint density at radius 2 is 1.82 bits per heavy atom. The van der Waals surface area contributed by atoms with E-state index in [9.17, 15) is 14.7 Å². The molecular weight excluding hydrogens is 594 g/mol. The summed E-state index contributed by atoms with van der Waals surface area (Å²) in [5, 5.41) is 22.0. The Balaban J connectivity index is 1.28. The van der Waals surface area contributed by atoms with Gasteiger partial charge in [0.05, 0.1) is 19.3 Å². The molecule has 3 aromatic heterocycles. The molecule has 3 N–H and O–H groups in total. The Bertz CT molecular complexity index is 1820. The number of fused-ring (bicyclic) bond motifs is 1. The summed E-state index contributed by atoms with van der Waals surface area (Å²) in [5.41, 5.74) is 2.99. The molecule has 232 valence electrons. The molecule has 45 heavy (non-hydrogen) atoms. The van der Waals surface area contributed by atoms with Gasteiger partial charge in [-0.1, -0.05) is 12.1 Å². The average molecular weight is 628 g/mol. The molecule has 6 rings (SSSR count). The van der Waals surface area contributed by atoms with E-state index in [1.807, 2.05) is 38.1 Å². The highest BCUT2D eigenvalue weighted by atomic mass is 32.1. The molecule has 4 heterocycles. The van der Waals surface area contributed by atoms with Gasteiger partial charge in [0.15, 0.2) is 16.6 Å². The number of pyridine rings is 1. The quantitative estimate of drug-likeness (QED) is 0.175. The smallest absolute Gasteiger partial charge is 0.407 e. The topological polar surface area (TPSA) is 144 Å². The first-order valence-electron chi connectivity index (χ1n) is 14.5. The molecule has 0 saturated carbocycles. The van der Waals surface area contributed by atoms with Crippen LogP contribution in [0.5, 0.6) is 17.2 Å². The van der Waals surface area contributed by atoms with Gasteiger partial charge in [-0.25, -0.2) is 19.4 Å². The Kier molecular flexibility index (Phi) is 8.52. The molecule has 0 radical (unpaired) electrons. The van der Waals surface area contributed by atoms with E-state index in [1.54, 1.807) is 48.3 Å². The number of aryl methyl sites for hydroxylation is 2. The second-order valence-electron chi connectivity index (χ2n) is 10.8. The Labute approximate surface area is 263 Å². The van der Waals surface area contributed by atoms with E-state index >= 15 is 0 Å². The number of likely N-dealkylation sites (tertiary alicyclic amines) is 1. The number of benzene rings is 2. The molecule has 1 aliphatic heterocycles. The van der Waals surface area contributed by atoms with E-state index < -0.39 is 6.09 Å². The first-order valence-corrected chi connectivity index (χ1v) is 15.3. The SMILES string of the molecule is COc1ccc(Cn2nc(N[C@@H]3CCCN(C(=O)O)C3)c3c(Oc4ccc(C(=O)Nc5nc(C)c(C)s5)cc4)ccnc32)cc1. The fourth-order valence-electron chi connectivity index (χ4n) is 5.23. The van der Waals surface area contributed by atoms with Crippen molar-refractivity contribution in [1.82, 2.24) is 24.6 Å². The molecule has 2 aromatic carbocycles. The predicted molar refractivity (Wildman–Crippen MR) is 172 cm³/mol. The molecule has 1 aliphatic rings. The number of rotatable bonds is 9. The van der Waals surface area contributed by atoms with Crippen molar-refractivity contribution in [3.8, 4) is 17.2 Å². The molecule has 1 saturated heterocycles. The number of nitrogens with one attached hydrogen (secondary N) is 2. The van der Waals surface area contributed by atoms with Crippen LogP contribution >= 0.6 is 11.3 Å². The summed E-state index contributed by atoms with van der Waals surface area (Å²) in [6.45, 7) is 5.18. The third-order valence-electron chi connectivity index (χ3n) is 7.71. The highest BCUT2D eigenvalue weighted by Crippen LogP contribution is 2.35. The summed E-state index contributed by atoms with van der Waals surface area (Å²) in [7, 11) is 1.63. The van der Waals surface area contributed by atoms with Crippen LogP contribution in [-0.4, -0.2) is 68.0 Å². The number of methoxy groups -OCH3 is 1. The van der Waals surface area contributed by atoms with Gasteiger partial charge >= 0.3 is 6.09 Å². The van der Waals surface area contributed by atoms with Crippen LogP contribution in [-0.2, 0) is 6.54 Å². The van der Waals surface area contributed by atoms with Gasteiger partial charge in [0.25, 0.3) is 5.91 Å². The lowest BCUT2D eigenvalue weighted by Crippen LogP contribution is -2.44. The summed E-state index contributed by atoms with van der Waals surface area (Å²) in [6, 6.07) is 16.3. The number of aromatic nitrogens is 4. The third kappa shape index (κ3) is 6.68. The fraction of sp³-hybridized carbons (Fsp3) is 0.281. The van der Waals surface area contributed by atoms with Crippen molar-refractivity contribution in [2.45, 2.75) is 39.3 Å². The average Bonchev–Trinajstić information content (AvgIpc) is 3.55. The number of thiazole rings is 1. The first-order chi connectivity index (χ1) is 21.8. The van der Waals surface area contributed by atoms with Crippen LogP contribution in [0.2, 0.25) is 0 Å². The predicted octanol–water partition coefficient (Wildman–Crippen LogP) is 6.16. The lowest BCUT2D eigenvalue weighted by atomic mass is 10.1. The maximum absolute atomic E-state index is 12.8. The van der Waals surface area contributed by atoms with E-state index in [-0.39, 0.29) is 11.9 Å². The van der Waals surface area contributed by atoms with Crippen molar-refractivity contribution in [2.24, 2.45) is 0 Å². The molecule has 0 unspecified atom stereocenters. The minimum absolute atomic E-state index is 0.126. The normalized spacial score (nSPS) is 14.7. The van der Waals surface area contributed by atoms with E-state index in [1.165, 1.54) is 16.2 Å². The van der Waals surface area contributed by atoms with Crippen LogP contribution in [0.4, 0.5) is 15.7 Å². The Morgan fingerprint density at radius 1 is 1.07 bits per heavy atom. The summed E-state index contributed by atoms with van der Waals surface area (Å²) < 4.78 is 13.5. The molecule has 5 aromatic rings. The molecule has 13 heteroatoms. The van der Waals surface area contributed by atoms with Crippen LogP contribution < -0.4 is 20.1 Å². The van der Waals surface area contributed by atoms with Gasteiger partial charge in [-0.05, 0) is 68.7 Å². The largest absolute Gasteiger partial charge is 0.497 e. The number of carbonyl (C=O) groups excluding carboxylic acids is 1. The van der Waals surface area contributed by atoms with Crippen molar-refractivity contribution < 1.29 is 24.2 Å². The molecule has 12 nitrogen and oxygen atoms in total. The van der Waals surface area contributed by atoms with Gasteiger partial charge < -0.3 is 24.8 Å². The highest BCUT2D eigenvalue weighted by Gasteiger charge is 2.26. The Hall–Kier alpha value is -5.17. The van der Waals surface area contributed by atoms with Gasteiger partial charge in [0.2, 0.25) is 0 Å². The number of amides is 2. The molecule has 1 atom stereocenters. The van der Waals surface area contributed by atoms with Crippen LogP contribution in [0, 0.1) is 13.8 Å². The standard InChI is InChI=1S/C32H33N7O5S/c1-19-20(2)45-31(34-19)36-30(40)22-8-12-25(13-9-22)44-26-14-15-33-29-27(26)28(35-23-5-4-16-38(18-23)32(41)42)37-39(29)17-21-6-10-24(43-3)11-7-21/h6-15,23H,4-5,16-18H2,1-3H3,(H,35,37)(H,41,42)(H,34,36,40)/t23-/m1/s1. The first kappa shape index (κ1) is 29.9. The third-order valence-corrected chi connectivity index (χ3v) is 8.70. The number of carboxylic acid groups (broad SMARTS) is 1. The van der Waals surface area contributed by atoms with Crippen molar-refractivity contribution in [3.63, 3.8) is 0 Å². The lowest BCUT2D eigenvalue weighted by molar-refractivity contribution is 0.102. The lowest BCUT2D eigenvalue weighted by Gasteiger charge is -2.31. The zero-order valence-electron chi connectivity index (χ0n) is 25.1. The monoisotopic (exact) mass is 627 g/mol. The number of carbonyl (C=O) groups is 2. The molecule has 0 aliphatic carbocycles. The van der Waals surface area contributed by atoms with Gasteiger partial charge in [-0.15, -0.1) is 11.3 Å². The minimum atomic E-state index is -0.934. The zero-order chi connectivity index (χ0) is 31.5. The molecule has 2 amide bonds. The number of piperidine rings is 1. The van der Waals surface area contributed by atoms with E-state index in [0.29, 0.717) is 58.7 Å². The maximum Gasteiger partial charge on any atom is 0.407 e. The molecule has 1 fully saturated rings. The Morgan fingerprint density at radius 3 is 2.51 bits per heavy atom. The van der Waals surface area contributed by atoms with E-state index in [2.05, 4.69) is 20.6 Å². The van der Waals surface area contributed by atoms with Crippen molar-refractivity contribution in [3.05, 3.63) is 82.5 Å².